The maximum atomic E-state index is 12.1. The van der Waals surface area contributed by atoms with E-state index in [0.29, 0.717) is 18.9 Å². The molecular weight excluding hydrogens is 252 g/mol. The van der Waals surface area contributed by atoms with Gasteiger partial charge in [0.05, 0.1) is 6.54 Å². The molecule has 0 saturated carbocycles. The monoisotopic (exact) mass is 274 g/mol. The van der Waals surface area contributed by atoms with E-state index in [1.54, 1.807) is 0 Å². The minimum Gasteiger partial charge on any atom is -0.326 e. The van der Waals surface area contributed by atoms with Crippen LogP contribution in [0.2, 0.25) is 0 Å². The fourth-order valence-corrected chi connectivity index (χ4v) is 2.40. The Morgan fingerprint density at radius 1 is 1.20 bits per heavy atom. The molecule has 1 aliphatic rings. The molecule has 4 heteroatoms. The molecule has 108 valence electrons. The number of carbonyl (C=O) groups is 2. The first kappa shape index (κ1) is 14.6. The third-order valence-electron chi connectivity index (χ3n) is 3.67. The van der Waals surface area contributed by atoms with Gasteiger partial charge in [0, 0.05) is 0 Å². The number of amides is 3. The molecule has 1 unspecified atom stereocenters. The van der Waals surface area contributed by atoms with Crippen molar-refractivity contribution in [3.8, 4) is 0 Å². The lowest BCUT2D eigenvalue weighted by atomic mass is 10.0. The van der Waals surface area contributed by atoms with E-state index in [0.717, 1.165) is 12.0 Å². The van der Waals surface area contributed by atoms with Gasteiger partial charge >= 0.3 is 6.03 Å². The molecule has 2 rings (SSSR count). The van der Waals surface area contributed by atoms with E-state index in [9.17, 15) is 9.59 Å². The first-order chi connectivity index (χ1) is 9.52. The van der Waals surface area contributed by atoms with Gasteiger partial charge in [-0.05, 0) is 23.5 Å². The van der Waals surface area contributed by atoms with Gasteiger partial charge in [0.1, 0.15) is 6.04 Å². The Labute approximate surface area is 120 Å². The van der Waals surface area contributed by atoms with Crippen LogP contribution in [0.25, 0.3) is 0 Å². The van der Waals surface area contributed by atoms with Crippen LogP contribution in [0.3, 0.4) is 0 Å². The van der Waals surface area contributed by atoms with E-state index in [1.165, 1.54) is 10.5 Å². The summed E-state index contributed by atoms with van der Waals surface area (Å²) in [6.07, 6.45) is 1.58. The van der Waals surface area contributed by atoms with Gasteiger partial charge in [-0.25, -0.2) is 4.79 Å². The Bertz CT molecular complexity index is 494. The summed E-state index contributed by atoms with van der Waals surface area (Å²) in [6.45, 7) is 6.64. The summed E-state index contributed by atoms with van der Waals surface area (Å²) in [6, 6.07) is 7.47. The zero-order valence-electron chi connectivity index (χ0n) is 12.3. The Balaban J connectivity index is 2.06. The number of benzene rings is 1. The van der Waals surface area contributed by atoms with Gasteiger partial charge < -0.3 is 5.32 Å². The minimum atomic E-state index is -0.345. The van der Waals surface area contributed by atoms with Gasteiger partial charge in [-0.3, -0.25) is 9.69 Å². The molecular formula is C16H22N2O2. The van der Waals surface area contributed by atoms with Gasteiger partial charge in [0.15, 0.2) is 0 Å². The second kappa shape index (κ2) is 6.07. The van der Waals surface area contributed by atoms with E-state index >= 15 is 0 Å². The van der Waals surface area contributed by atoms with E-state index in [2.05, 4.69) is 31.3 Å². The van der Waals surface area contributed by atoms with Crippen LogP contribution >= 0.6 is 0 Å². The molecule has 0 radical (unpaired) electrons. The van der Waals surface area contributed by atoms with E-state index < -0.39 is 0 Å². The standard InChI is InChI=1S/C16H22N2O2/c1-4-5-14-15(19)18(16(20)17-14)10-12-6-8-13(9-7-12)11(2)3/h6-9,11,14H,4-5,10H2,1-3H3,(H,17,20). The lowest BCUT2D eigenvalue weighted by molar-refractivity contribution is -0.128. The number of nitrogens with one attached hydrogen (secondary N) is 1. The average molecular weight is 274 g/mol. The van der Waals surface area contributed by atoms with Crippen molar-refractivity contribution in [3.63, 3.8) is 0 Å². The Kier molecular flexibility index (Phi) is 4.42. The predicted molar refractivity (Wildman–Crippen MR) is 78.3 cm³/mol. The number of urea groups is 1. The Morgan fingerprint density at radius 3 is 2.40 bits per heavy atom. The largest absolute Gasteiger partial charge is 0.326 e. The molecule has 1 N–H and O–H groups in total. The first-order valence-electron chi connectivity index (χ1n) is 7.23. The lowest BCUT2D eigenvalue weighted by Crippen LogP contribution is -2.30. The van der Waals surface area contributed by atoms with Crippen molar-refractivity contribution in [2.75, 3.05) is 0 Å². The highest BCUT2D eigenvalue weighted by Gasteiger charge is 2.36. The zero-order valence-corrected chi connectivity index (χ0v) is 12.3. The van der Waals surface area contributed by atoms with Crippen molar-refractivity contribution in [2.24, 2.45) is 0 Å². The second-order valence-electron chi connectivity index (χ2n) is 5.61. The molecule has 1 saturated heterocycles. The summed E-state index contributed by atoms with van der Waals surface area (Å²) in [7, 11) is 0. The summed E-state index contributed by atoms with van der Waals surface area (Å²) < 4.78 is 0. The molecule has 0 aliphatic carbocycles. The van der Waals surface area contributed by atoms with Crippen molar-refractivity contribution in [1.29, 1.82) is 0 Å². The van der Waals surface area contributed by atoms with Gasteiger partial charge in [-0.2, -0.15) is 0 Å². The SMILES string of the molecule is CCCC1NC(=O)N(Cc2ccc(C(C)C)cc2)C1=O. The molecule has 0 spiro atoms. The van der Waals surface area contributed by atoms with E-state index in [4.69, 9.17) is 0 Å². The molecule has 1 aromatic carbocycles. The number of hydrogen-bond acceptors (Lipinski definition) is 2. The highest BCUT2D eigenvalue weighted by Crippen LogP contribution is 2.18. The molecule has 4 nitrogen and oxygen atoms in total. The zero-order chi connectivity index (χ0) is 14.7. The molecule has 1 atom stereocenters. The van der Waals surface area contributed by atoms with Crippen molar-refractivity contribution < 1.29 is 9.59 Å². The molecule has 20 heavy (non-hydrogen) atoms. The van der Waals surface area contributed by atoms with Gasteiger partial charge in [-0.1, -0.05) is 51.5 Å². The van der Waals surface area contributed by atoms with Crippen LogP contribution in [0.1, 0.15) is 50.7 Å². The average Bonchev–Trinajstić information content (AvgIpc) is 2.68. The smallest absolute Gasteiger partial charge is 0.325 e. The first-order valence-corrected chi connectivity index (χ1v) is 7.23. The lowest BCUT2D eigenvalue weighted by Gasteiger charge is -2.14. The molecule has 0 aromatic heterocycles. The summed E-state index contributed by atoms with van der Waals surface area (Å²) in [4.78, 5) is 25.3. The van der Waals surface area contributed by atoms with Crippen LogP contribution in [0.4, 0.5) is 4.79 Å². The summed E-state index contributed by atoms with van der Waals surface area (Å²) in [5, 5.41) is 2.74. The number of hydrogen-bond donors (Lipinski definition) is 1. The van der Waals surface area contributed by atoms with Gasteiger partial charge in [0.25, 0.3) is 5.91 Å². The van der Waals surface area contributed by atoms with Crippen LogP contribution in [-0.2, 0) is 11.3 Å². The van der Waals surface area contributed by atoms with Crippen molar-refractivity contribution in [3.05, 3.63) is 35.4 Å². The molecule has 0 bridgehead atoms. The van der Waals surface area contributed by atoms with Crippen LogP contribution in [-0.4, -0.2) is 22.9 Å². The van der Waals surface area contributed by atoms with Gasteiger partial charge in [0.2, 0.25) is 0 Å². The summed E-state index contributed by atoms with van der Waals surface area (Å²) in [5.41, 5.74) is 2.24. The van der Waals surface area contributed by atoms with Crippen LogP contribution in [0, 0.1) is 0 Å². The fourth-order valence-electron chi connectivity index (χ4n) is 2.40. The van der Waals surface area contributed by atoms with E-state index in [-0.39, 0.29) is 18.0 Å². The third kappa shape index (κ3) is 3.00. The Morgan fingerprint density at radius 2 is 1.85 bits per heavy atom. The van der Waals surface area contributed by atoms with Crippen molar-refractivity contribution in [1.82, 2.24) is 10.2 Å². The molecule has 1 fully saturated rings. The summed E-state index contributed by atoms with van der Waals surface area (Å²) >= 11 is 0. The maximum absolute atomic E-state index is 12.1. The topological polar surface area (TPSA) is 49.4 Å². The highest BCUT2D eigenvalue weighted by molar-refractivity contribution is 6.04. The van der Waals surface area contributed by atoms with Crippen molar-refractivity contribution in [2.45, 2.75) is 52.1 Å². The third-order valence-corrected chi connectivity index (χ3v) is 3.67. The molecule has 3 amide bonds. The van der Waals surface area contributed by atoms with Crippen molar-refractivity contribution >= 4 is 11.9 Å². The minimum absolute atomic E-state index is 0.107. The number of imide groups is 1. The van der Waals surface area contributed by atoms with Gasteiger partial charge in [-0.15, -0.1) is 0 Å². The molecule has 1 aliphatic heterocycles. The molecule has 1 heterocycles. The van der Waals surface area contributed by atoms with Crippen LogP contribution in [0.5, 0.6) is 0 Å². The number of rotatable bonds is 5. The maximum Gasteiger partial charge on any atom is 0.325 e. The predicted octanol–water partition coefficient (Wildman–Crippen LogP) is 3.03. The fraction of sp³-hybridized carbons (Fsp3) is 0.500. The van der Waals surface area contributed by atoms with E-state index in [1.807, 2.05) is 19.1 Å². The number of nitrogens with zero attached hydrogens (tertiary/aromatic N) is 1. The number of carbonyl (C=O) groups excluding carboxylic acids is 2. The normalized spacial score (nSPS) is 18.8. The molecule has 1 aromatic rings. The quantitative estimate of drug-likeness (QED) is 0.839. The Hall–Kier alpha value is -1.84. The van der Waals surface area contributed by atoms with Crippen LogP contribution in [0.15, 0.2) is 24.3 Å². The van der Waals surface area contributed by atoms with Crippen LogP contribution < -0.4 is 5.32 Å². The summed E-state index contributed by atoms with van der Waals surface area (Å²) in [5.74, 6) is 0.375. The second-order valence-corrected chi connectivity index (χ2v) is 5.61. The highest BCUT2D eigenvalue weighted by atomic mass is 16.2.